The molecule has 3 amide bonds. The second kappa shape index (κ2) is 30.0. The van der Waals surface area contributed by atoms with E-state index in [0.717, 1.165) is 0 Å². The third-order valence-electron chi connectivity index (χ3n) is 4.33. The highest BCUT2D eigenvalue weighted by Crippen LogP contribution is 2.01. The highest BCUT2D eigenvalue weighted by atomic mass is 35.5. The van der Waals surface area contributed by atoms with Gasteiger partial charge in [-0.15, -0.1) is 74.4 Å². The summed E-state index contributed by atoms with van der Waals surface area (Å²) in [6.45, 7) is 3.63. The second-order valence-electron chi connectivity index (χ2n) is 6.38. The Labute approximate surface area is 233 Å². The summed E-state index contributed by atoms with van der Waals surface area (Å²) in [4.78, 5) is 37.8. The third kappa shape index (κ3) is 19.9. The predicted molar refractivity (Wildman–Crippen MR) is 148 cm³/mol. The maximum Gasteiger partial charge on any atom is 0.226 e. The topological polar surface area (TPSA) is 209 Å². The van der Waals surface area contributed by atoms with Crippen LogP contribution < -0.4 is 39.3 Å². The molecule has 0 aromatic rings. The Bertz CT molecular complexity index is 448. The smallest absolute Gasteiger partial charge is 0.226 e. The molecular weight excluding hydrogens is 565 g/mol. The van der Waals surface area contributed by atoms with Crippen molar-refractivity contribution in [3.8, 4) is 0 Å². The first-order valence-electron chi connectivity index (χ1n) is 9.20. The second-order valence-corrected chi connectivity index (χ2v) is 6.38. The predicted octanol–water partition coefficient (Wildman–Crippen LogP) is -1.76. The van der Waals surface area contributed by atoms with Crippen molar-refractivity contribution in [1.82, 2.24) is 15.5 Å². The Kier molecular flexibility index (Phi) is 45.4. The van der Waals surface area contributed by atoms with Gasteiger partial charge in [-0.3, -0.25) is 14.4 Å². The van der Waals surface area contributed by atoms with E-state index in [9.17, 15) is 14.4 Å². The van der Waals surface area contributed by atoms with E-state index in [1.165, 1.54) is 0 Å². The molecule has 1 atom stereocenters. The lowest BCUT2D eigenvalue weighted by Gasteiger charge is -2.26. The average molecular weight is 607 g/mol. The number of carbonyl (C=O) groups is 3. The van der Waals surface area contributed by atoms with Crippen LogP contribution in [-0.2, 0) is 14.4 Å². The van der Waals surface area contributed by atoms with Gasteiger partial charge in [0, 0.05) is 64.8 Å². The van der Waals surface area contributed by atoms with E-state index in [-0.39, 0.29) is 157 Å². The quantitative estimate of drug-likeness (QED) is 0.120. The molecule has 17 heteroatoms. The van der Waals surface area contributed by atoms with Crippen LogP contribution in [0.1, 0.15) is 6.92 Å². The minimum absolute atomic E-state index is 0. The minimum Gasteiger partial charge on any atom is -0.354 e. The maximum absolute atomic E-state index is 12.5. The highest BCUT2D eigenvalue weighted by Gasteiger charge is 2.21. The molecule has 0 aromatic carbocycles. The molecule has 0 radical (unpaired) electrons. The summed E-state index contributed by atoms with van der Waals surface area (Å²) in [5, 5.41) is 5.44. The van der Waals surface area contributed by atoms with Crippen LogP contribution in [0.2, 0.25) is 0 Å². The number of hydrogen-bond acceptors (Lipinski definition) is 8. The number of nitrogens with one attached hydrogen (secondary N) is 2. The molecule has 0 aromatic heterocycles. The van der Waals surface area contributed by atoms with Gasteiger partial charge in [0.05, 0.1) is 11.8 Å². The number of nitrogens with zero attached hydrogens (tertiary/aromatic N) is 1. The first-order valence-corrected chi connectivity index (χ1v) is 9.20. The zero-order valence-electron chi connectivity index (χ0n) is 18.6. The summed E-state index contributed by atoms with van der Waals surface area (Å²) >= 11 is 0. The van der Waals surface area contributed by atoms with Gasteiger partial charge < -0.3 is 44.2 Å². The van der Waals surface area contributed by atoms with E-state index in [1.807, 2.05) is 0 Å². The van der Waals surface area contributed by atoms with Crippen molar-refractivity contribution < 1.29 is 14.4 Å². The van der Waals surface area contributed by atoms with E-state index in [4.69, 9.17) is 28.7 Å². The molecule has 0 aliphatic heterocycles. The van der Waals surface area contributed by atoms with Gasteiger partial charge in [0.25, 0.3) is 0 Å². The molecule has 0 rings (SSSR count). The van der Waals surface area contributed by atoms with Crippen LogP contribution in [-0.4, -0.2) is 81.5 Å². The first kappa shape index (κ1) is 49.9. The molecule has 11 nitrogen and oxygen atoms in total. The summed E-state index contributed by atoms with van der Waals surface area (Å²) in [7, 11) is 0. The van der Waals surface area contributed by atoms with Crippen LogP contribution in [0.3, 0.4) is 0 Å². The Hall–Kier alpha value is -0.0500. The van der Waals surface area contributed by atoms with Crippen molar-refractivity contribution in [3.05, 3.63) is 0 Å². The van der Waals surface area contributed by atoms with E-state index >= 15 is 0 Å². The van der Waals surface area contributed by atoms with Gasteiger partial charge in [-0.05, 0) is 0 Å². The van der Waals surface area contributed by atoms with E-state index in [1.54, 1.807) is 11.8 Å². The summed E-state index contributed by atoms with van der Waals surface area (Å²) in [5.41, 5.74) is 27.5. The fraction of sp³-hybridized carbons (Fsp3) is 0.812. The Morgan fingerprint density at radius 1 is 0.636 bits per heavy atom. The summed E-state index contributed by atoms with van der Waals surface area (Å²) in [6.07, 6.45) is 0. The Morgan fingerprint density at radius 2 is 0.939 bits per heavy atom. The van der Waals surface area contributed by atoms with Gasteiger partial charge in [0.15, 0.2) is 0 Å². The van der Waals surface area contributed by atoms with Crippen LogP contribution in [0.25, 0.3) is 0 Å². The fourth-order valence-electron chi connectivity index (χ4n) is 2.28. The van der Waals surface area contributed by atoms with E-state index in [0.29, 0.717) is 0 Å². The van der Waals surface area contributed by atoms with Gasteiger partial charge in [0.1, 0.15) is 0 Å². The molecule has 0 saturated heterocycles. The molecule has 206 valence electrons. The van der Waals surface area contributed by atoms with E-state index < -0.39 is 11.8 Å². The van der Waals surface area contributed by atoms with Crippen LogP contribution >= 0.6 is 74.4 Å². The summed E-state index contributed by atoms with van der Waals surface area (Å²) in [5.74, 6) is -1.92. The maximum atomic E-state index is 12.5. The van der Waals surface area contributed by atoms with Crippen LogP contribution in [0.15, 0.2) is 0 Å². The fourth-order valence-corrected chi connectivity index (χ4v) is 2.28. The molecule has 0 aliphatic rings. The van der Waals surface area contributed by atoms with Crippen molar-refractivity contribution in [2.45, 2.75) is 6.92 Å². The lowest BCUT2D eigenvalue weighted by molar-refractivity contribution is -0.135. The SMILES string of the molecule is CC(CN)C(=O)N(CCNC(=O)C(CN)CN)CCNC(=O)C(CN)CN.Cl.Cl.Cl.Cl.Cl.Cl. The van der Waals surface area contributed by atoms with Crippen LogP contribution in [0.4, 0.5) is 0 Å². The molecule has 0 fully saturated rings. The molecule has 12 N–H and O–H groups in total. The number of amides is 3. The third-order valence-corrected chi connectivity index (χ3v) is 4.33. The number of rotatable bonds is 14. The monoisotopic (exact) mass is 604 g/mol. The number of hydrogen-bond donors (Lipinski definition) is 7. The van der Waals surface area contributed by atoms with Crippen molar-refractivity contribution in [1.29, 1.82) is 0 Å². The van der Waals surface area contributed by atoms with Crippen molar-refractivity contribution >= 4 is 92.2 Å². The first-order chi connectivity index (χ1) is 12.9. The summed E-state index contributed by atoms with van der Waals surface area (Å²) in [6, 6.07) is 0. The number of nitrogens with two attached hydrogens (primary N) is 5. The molecule has 1 unspecified atom stereocenters. The molecule has 0 aliphatic carbocycles. The zero-order chi connectivity index (χ0) is 20.8. The average Bonchev–Trinajstić information content (AvgIpc) is 2.67. The van der Waals surface area contributed by atoms with Crippen molar-refractivity contribution in [2.75, 3.05) is 58.9 Å². The lowest BCUT2D eigenvalue weighted by atomic mass is 10.1. The summed E-state index contributed by atoms with van der Waals surface area (Å²) < 4.78 is 0. The molecule has 0 saturated carbocycles. The van der Waals surface area contributed by atoms with Gasteiger partial charge in [-0.2, -0.15) is 0 Å². The zero-order valence-corrected chi connectivity index (χ0v) is 23.5. The van der Waals surface area contributed by atoms with Crippen molar-refractivity contribution in [2.24, 2.45) is 46.4 Å². The molecule has 0 spiro atoms. The standard InChI is InChI=1S/C16H36N8O3.6ClH/c1-11(6-17)16(27)24(4-2-22-14(25)12(7-18)8-19)5-3-23-15(26)13(9-20)10-21;;;;;;/h11-13H,2-10,17-21H2,1H3,(H,22,25)(H,23,26);6*1H. The van der Waals surface area contributed by atoms with Crippen LogP contribution in [0.5, 0.6) is 0 Å². The molecule has 33 heavy (non-hydrogen) atoms. The van der Waals surface area contributed by atoms with Crippen LogP contribution in [0, 0.1) is 17.8 Å². The molecule has 0 bridgehead atoms. The van der Waals surface area contributed by atoms with Gasteiger partial charge in [-0.25, -0.2) is 0 Å². The van der Waals surface area contributed by atoms with E-state index in [2.05, 4.69) is 10.6 Å². The van der Waals surface area contributed by atoms with Crippen molar-refractivity contribution in [3.63, 3.8) is 0 Å². The Balaban J connectivity index is -0.000000225. The lowest BCUT2D eigenvalue weighted by Crippen LogP contribution is -2.48. The Morgan fingerprint density at radius 3 is 1.18 bits per heavy atom. The largest absolute Gasteiger partial charge is 0.354 e. The number of halogens is 6. The van der Waals surface area contributed by atoms with Gasteiger partial charge in [0.2, 0.25) is 17.7 Å². The van der Waals surface area contributed by atoms with Gasteiger partial charge in [-0.1, -0.05) is 6.92 Å². The molecule has 0 heterocycles. The minimum atomic E-state index is -0.458. The highest BCUT2D eigenvalue weighted by molar-refractivity contribution is 5.86. The van der Waals surface area contributed by atoms with Gasteiger partial charge >= 0.3 is 0 Å². The number of carbonyl (C=O) groups excluding carboxylic acids is 3. The molecular formula is C16H42Cl6N8O3. The normalized spacial score (nSPS) is 9.94.